The zero-order chi connectivity index (χ0) is 21.3. The number of amides is 1. The van der Waals surface area contributed by atoms with Crippen molar-refractivity contribution in [2.24, 2.45) is 5.92 Å². The van der Waals surface area contributed by atoms with Crippen LogP contribution in [0.2, 0.25) is 0 Å². The maximum atomic E-state index is 14.4. The molecule has 30 heavy (non-hydrogen) atoms. The number of carboxylic acids is 1. The molecule has 0 spiro atoms. The minimum atomic E-state index is -1.16. The zero-order valence-electron chi connectivity index (χ0n) is 16.1. The smallest absolute Gasteiger partial charge is 0.312 e. The maximum absolute atomic E-state index is 14.4. The average molecular weight is 414 g/mol. The molecule has 0 unspecified atom stereocenters. The van der Waals surface area contributed by atoms with Crippen LogP contribution in [-0.2, 0) is 22.4 Å². The van der Waals surface area contributed by atoms with Gasteiger partial charge in [0.2, 0.25) is 5.91 Å². The molecule has 1 atom stereocenters. The fourth-order valence-electron chi connectivity index (χ4n) is 4.03. The molecule has 2 aromatic heterocycles. The number of halogens is 2. The molecule has 7 nitrogen and oxygen atoms in total. The summed E-state index contributed by atoms with van der Waals surface area (Å²) in [5, 5.41) is 8.83. The fourth-order valence-corrected chi connectivity index (χ4v) is 4.03. The molecule has 9 heteroatoms. The van der Waals surface area contributed by atoms with E-state index >= 15 is 0 Å². The number of pyridine rings is 1. The summed E-state index contributed by atoms with van der Waals surface area (Å²) < 4.78 is 28.0. The largest absolute Gasteiger partial charge is 0.481 e. The minimum absolute atomic E-state index is 0.0299. The van der Waals surface area contributed by atoms with Crippen molar-refractivity contribution < 1.29 is 23.5 Å². The summed E-state index contributed by atoms with van der Waals surface area (Å²) in [6, 6.07) is 1.38. The van der Waals surface area contributed by atoms with Gasteiger partial charge in [0.05, 0.1) is 23.8 Å². The quantitative estimate of drug-likeness (QED) is 0.755. The summed E-state index contributed by atoms with van der Waals surface area (Å²) >= 11 is 0. The number of allylic oxidation sites excluding steroid dienone is 1. The highest BCUT2D eigenvalue weighted by atomic mass is 19.1. The lowest BCUT2D eigenvalue weighted by atomic mass is 9.93. The van der Waals surface area contributed by atoms with Crippen LogP contribution in [0.25, 0.3) is 5.57 Å². The molecule has 0 aromatic carbocycles. The number of carbonyl (C=O) groups excluding carboxylic acids is 1. The Balaban J connectivity index is 1.52. The first-order valence-corrected chi connectivity index (χ1v) is 9.77. The van der Waals surface area contributed by atoms with Crippen molar-refractivity contribution in [3.05, 3.63) is 58.9 Å². The van der Waals surface area contributed by atoms with Gasteiger partial charge in [-0.05, 0) is 31.2 Å². The Morgan fingerprint density at radius 2 is 2.07 bits per heavy atom. The van der Waals surface area contributed by atoms with E-state index in [2.05, 4.69) is 15.0 Å². The van der Waals surface area contributed by atoms with Crippen molar-refractivity contribution in [1.82, 2.24) is 19.9 Å². The normalized spacial score (nSPS) is 18.1. The number of aliphatic carboxylic acids is 1. The summed E-state index contributed by atoms with van der Waals surface area (Å²) in [5.41, 5.74) is 2.19. The molecular formula is C21H20F2N4O3. The Bertz CT molecular complexity index is 1040. The molecule has 1 aliphatic heterocycles. The number of carbonyl (C=O) groups is 2. The topological polar surface area (TPSA) is 96.3 Å². The Hall–Kier alpha value is -3.23. The third-order valence-corrected chi connectivity index (χ3v) is 5.44. The Labute approximate surface area is 171 Å². The van der Waals surface area contributed by atoms with Gasteiger partial charge < -0.3 is 10.0 Å². The van der Waals surface area contributed by atoms with Crippen molar-refractivity contribution in [2.45, 2.75) is 32.1 Å². The van der Waals surface area contributed by atoms with Crippen LogP contribution in [0.15, 0.2) is 24.5 Å². The predicted octanol–water partition coefficient (Wildman–Crippen LogP) is 2.39. The van der Waals surface area contributed by atoms with Crippen molar-refractivity contribution in [1.29, 1.82) is 0 Å². The van der Waals surface area contributed by atoms with E-state index in [4.69, 9.17) is 5.11 Å². The van der Waals surface area contributed by atoms with Crippen LogP contribution in [0.3, 0.4) is 0 Å². The van der Waals surface area contributed by atoms with Gasteiger partial charge in [0, 0.05) is 30.6 Å². The van der Waals surface area contributed by atoms with Gasteiger partial charge in [-0.25, -0.2) is 18.7 Å². The van der Waals surface area contributed by atoms with Crippen LogP contribution >= 0.6 is 0 Å². The minimum Gasteiger partial charge on any atom is -0.481 e. The second-order valence-electron chi connectivity index (χ2n) is 7.58. The summed E-state index contributed by atoms with van der Waals surface area (Å²) in [5.74, 6) is -2.31. The number of carboxylic acid groups (broad SMARTS) is 1. The van der Waals surface area contributed by atoms with E-state index in [-0.39, 0.29) is 11.6 Å². The van der Waals surface area contributed by atoms with E-state index < -0.39 is 29.9 Å². The molecule has 1 aliphatic carbocycles. The monoisotopic (exact) mass is 414 g/mol. The second kappa shape index (κ2) is 8.25. The Morgan fingerprint density at radius 3 is 2.87 bits per heavy atom. The number of piperidine rings is 1. The number of hydrogen-bond donors (Lipinski definition) is 1. The highest BCUT2D eigenvalue weighted by Crippen LogP contribution is 2.31. The van der Waals surface area contributed by atoms with Crippen molar-refractivity contribution >= 4 is 17.4 Å². The molecule has 1 saturated heterocycles. The lowest BCUT2D eigenvalue weighted by molar-refractivity contribution is -0.145. The molecule has 4 rings (SSSR count). The number of rotatable bonds is 5. The van der Waals surface area contributed by atoms with E-state index in [1.165, 1.54) is 11.0 Å². The Morgan fingerprint density at radius 1 is 1.23 bits per heavy atom. The maximum Gasteiger partial charge on any atom is 0.312 e. The summed E-state index contributed by atoms with van der Waals surface area (Å²) in [7, 11) is 0. The molecule has 1 N–H and O–H groups in total. The van der Waals surface area contributed by atoms with Crippen molar-refractivity contribution in [3.8, 4) is 0 Å². The standard InChI is InChI=1S/C21H20F2N4O3/c22-13-7-15-14(3-4-17(15)24-9-13)21-25-10-16(23)18(26-21)6-12-2-1-5-27(11-12)19(28)8-20(29)30/h3,7,9-10,12H,1-2,4-6,8,11H2,(H,29,30)/t12-/m1/s1. The first kappa shape index (κ1) is 20.1. The van der Waals surface area contributed by atoms with Crippen molar-refractivity contribution in [3.63, 3.8) is 0 Å². The van der Waals surface area contributed by atoms with Crippen molar-refractivity contribution in [2.75, 3.05) is 13.1 Å². The van der Waals surface area contributed by atoms with Gasteiger partial charge in [-0.3, -0.25) is 14.6 Å². The number of hydrogen-bond acceptors (Lipinski definition) is 5. The Kier molecular flexibility index (Phi) is 5.52. The first-order valence-electron chi connectivity index (χ1n) is 9.77. The van der Waals surface area contributed by atoms with Crippen LogP contribution in [0.1, 0.15) is 42.0 Å². The number of aromatic nitrogens is 3. The third-order valence-electron chi connectivity index (χ3n) is 5.44. The molecule has 1 amide bonds. The number of likely N-dealkylation sites (tertiary alicyclic amines) is 1. The molecule has 3 heterocycles. The highest BCUT2D eigenvalue weighted by Gasteiger charge is 2.27. The lowest BCUT2D eigenvalue weighted by Gasteiger charge is -2.32. The molecule has 156 valence electrons. The van der Waals surface area contributed by atoms with Gasteiger partial charge >= 0.3 is 5.97 Å². The first-order chi connectivity index (χ1) is 14.4. The fraction of sp³-hybridized carbons (Fsp3) is 0.381. The SMILES string of the molecule is O=C(O)CC(=O)N1CCC[C@H](Cc2nc(C3=CCc4ncc(F)cc43)ncc2F)C1. The van der Waals surface area contributed by atoms with E-state index in [9.17, 15) is 18.4 Å². The van der Waals surface area contributed by atoms with E-state index in [1.54, 1.807) is 0 Å². The molecule has 2 aromatic rings. The summed E-state index contributed by atoms with van der Waals surface area (Å²) in [6.45, 7) is 0.869. The van der Waals surface area contributed by atoms with E-state index in [0.29, 0.717) is 42.9 Å². The van der Waals surface area contributed by atoms with Gasteiger partial charge in [-0.2, -0.15) is 0 Å². The molecule has 0 saturated carbocycles. The highest BCUT2D eigenvalue weighted by molar-refractivity contribution is 5.93. The van der Waals surface area contributed by atoms with E-state index in [0.717, 1.165) is 30.9 Å². The molecule has 1 fully saturated rings. The molecule has 0 radical (unpaired) electrons. The summed E-state index contributed by atoms with van der Waals surface area (Å²) in [6.07, 6.45) is 5.92. The van der Waals surface area contributed by atoms with E-state index in [1.807, 2.05) is 6.08 Å². The third kappa shape index (κ3) is 4.19. The van der Waals surface area contributed by atoms with Crippen LogP contribution in [0.4, 0.5) is 8.78 Å². The zero-order valence-corrected chi connectivity index (χ0v) is 16.1. The van der Waals surface area contributed by atoms with Crippen LogP contribution in [0.5, 0.6) is 0 Å². The van der Waals surface area contributed by atoms with Gasteiger partial charge in [-0.15, -0.1) is 0 Å². The lowest BCUT2D eigenvalue weighted by Crippen LogP contribution is -2.41. The average Bonchev–Trinajstić information content (AvgIpc) is 3.12. The molecule has 2 aliphatic rings. The van der Waals surface area contributed by atoms with Gasteiger partial charge in [0.25, 0.3) is 0 Å². The van der Waals surface area contributed by atoms with Crippen LogP contribution in [0, 0.1) is 17.6 Å². The van der Waals surface area contributed by atoms with Gasteiger partial charge in [0.1, 0.15) is 12.2 Å². The molecular weight excluding hydrogens is 394 g/mol. The molecule has 0 bridgehead atoms. The number of nitrogens with zero attached hydrogens (tertiary/aromatic N) is 4. The van der Waals surface area contributed by atoms with Gasteiger partial charge in [0.15, 0.2) is 11.6 Å². The van der Waals surface area contributed by atoms with Gasteiger partial charge in [-0.1, -0.05) is 6.08 Å². The van der Waals surface area contributed by atoms with Crippen LogP contribution < -0.4 is 0 Å². The predicted molar refractivity (Wildman–Crippen MR) is 102 cm³/mol. The second-order valence-corrected chi connectivity index (χ2v) is 7.58. The van der Waals surface area contributed by atoms with Crippen LogP contribution in [-0.4, -0.2) is 49.9 Å². The number of fused-ring (bicyclic) bond motifs is 1. The summed E-state index contributed by atoms with van der Waals surface area (Å²) in [4.78, 5) is 36.9.